The van der Waals surface area contributed by atoms with Crippen LogP contribution in [0.25, 0.3) is 0 Å². The van der Waals surface area contributed by atoms with E-state index in [1.54, 1.807) is 19.1 Å². The maximum Gasteiger partial charge on any atom is 0.405 e. The Bertz CT molecular complexity index is 1000. The van der Waals surface area contributed by atoms with Crippen molar-refractivity contribution < 1.29 is 28.7 Å². The second kappa shape index (κ2) is 10.5. The van der Waals surface area contributed by atoms with Crippen LogP contribution in [0.1, 0.15) is 18.1 Å². The fraction of sp³-hybridized carbons (Fsp3) is 0.364. The van der Waals surface area contributed by atoms with Crippen LogP contribution in [-0.4, -0.2) is 62.2 Å². The Kier molecular flexibility index (Phi) is 7.54. The van der Waals surface area contributed by atoms with E-state index in [1.807, 2.05) is 18.2 Å². The van der Waals surface area contributed by atoms with Crippen LogP contribution >= 0.6 is 0 Å². The Labute approximate surface area is 190 Å². The number of carbonyl (C=O) groups excluding carboxylic acids is 2. The number of nitrogens with zero attached hydrogens (tertiary/aromatic N) is 3. The van der Waals surface area contributed by atoms with Gasteiger partial charge in [0.1, 0.15) is 6.10 Å². The molecule has 2 aromatic carbocycles. The summed E-state index contributed by atoms with van der Waals surface area (Å²) in [6.07, 6.45) is -2.07. The molecule has 1 heterocycles. The van der Waals surface area contributed by atoms with Gasteiger partial charge in [0.15, 0.2) is 11.5 Å². The predicted molar refractivity (Wildman–Crippen MR) is 119 cm³/mol. The van der Waals surface area contributed by atoms with Crippen molar-refractivity contribution in [2.75, 3.05) is 45.3 Å². The fourth-order valence-electron chi connectivity index (χ4n) is 3.70. The average molecular weight is 458 g/mol. The molecular weight excluding hydrogens is 432 g/mol. The van der Waals surface area contributed by atoms with E-state index < -0.39 is 17.1 Å². The molecule has 176 valence electrons. The number of hydrogen-bond donors (Lipinski definition) is 1. The van der Waals surface area contributed by atoms with Crippen molar-refractivity contribution in [3.63, 3.8) is 0 Å². The van der Waals surface area contributed by atoms with Gasteiger partial charge >= 0.3 is 6.09 Å². The molecule has 3 rings (SSSR count). The van der Waals surface area contributed by atoms with E-state index in [-0.39, 0.29) is 18.0 Å². The lowest BCUT2D eigenvalue weighted by Gasteiger charge is -2.36. The van der Waals surface area contributed by atoms with Gasteiger partial charge in [-0.25, -0.2) is 4.79 Å². The van der Waals surface area contributed by atoms with Crippen molar-refractivity contribution >= 4 is 23.4 Å². The number of nitro groups is 1. The molecule has 0 saturated carbocycles. The molecule has 2 amide bonds. The SMILES string of the molecule is COc1ccc(N2CCN(C(=O)CC(OC(N)=O)c3ccc([N+](=O)[O-])cc3)CC2)cc1OC. The lowest BCUT2D eigenvalue weighted by atomic mass is 10.0. The van der Waals surface area contributed by atoms with Crippen LogP contribution in [-0.2, 0) is 9.53 Å². The Hall–Kier alpha value is -4.02. The van der Waals surface area contributed by atoms with Gasteiger partial charge in [-0.2, -0.15) is 0 Å². The number of piperazine rings is 1. The predicted octanol–water partition coefficient (Wildman–Crippen LogP) is 2.49. The number of anilines is 1. The lowest BCUT2D eigenvalue weighted by molar-refractivity contribution is -0.384. The van der Waals surface area contributed by atoms with Crippen molar-refractivity contribution in [2.45, 2.75) is 12.5 Å². The molecule has 0 aliphatic carbocycles. The molecule has 1 saturated heterocycles. The molecule has 1 fully saturated rings. The molecule has 2 aromatic rings. The highest BCUT2D eigenvalue weighted by molar-refractivity contribution is 5.78. The number of nitrogens with two attached hydrogens (primary N) is 1. The average Bonchev–Trinajstić information content (AvgIpc) is 2.83. The van der Waals surface area contributed by atoms with E-state index in [9.17, 15) is 19.7 Å². The minimum absolute atomic E-state index is 0.103. The first-order chi connectivity index (χ1) is 15.8. The highest BCUT2D eigenvalue weighted by Crippen LogP contribution is 2.32. The molecule has 2 N–H and O–H groups in total. The summed E-state index contributed by atoms with van der Waals surface area (Å²) in [7, 11) is 3.15. The number of carbonyl (C=O) groups is 2. The van der Waals surface area contributed by atoms with Crippen LogP contribution in [0, 0.1) is 10.1 Å². The van der Waals surface area contributed by atoms with Crippen molar-refractivity contribution in [3.8, 4) is 11.5 Å². The number of non-ortho nitro benzene ring substituents is 1. The maximum absolute atomic E-state index is 12.9. The monoisotopic (exact) mass is 458 g/mol. The van der Waals surface area contributed by atoms with Gasteiger partial charge in [-0.1, -0.05) is 0 Å². The third kappa shape index (κ3) is 5.82. The lowest BCUT2D eigenvalue weighted by Crippen LogP contribution is -2.49. The molecular formula is C22H26N4O7. The van der Waals surface area contributed by atoms with E-state index >= 15 is 0 Å². The smallest absolute Gasteiger partial charge is 0.405 e. The van der Waals surface area contributed by atoms with Gasteiger partial charge in [-0.05, 0) is 29.8 Å². The molecule has 0 spiro atoms. The Morgan fingerprint density at radius 3 is 2.21 bits per heavy atom. The minimum Gasteiger partial charge on any atom is -0.493 e. The fourth-order valence-corrected chi connectivity index (χ4v) is 3.70. The zero-order chi connectivity index (χ0) is 24.0. The van der Waals surface area contributed by atoms with E-state index in [4.69, 9.17) is 19.9 Å². The molecule has 0 aromatic heterocycles. The third-order valence-corrected chi connectivity index (χ3v) is 5.46. The van der Waals surface area contributed by atoms with Gasteiger partial charge in [0.05, 0.1) is 25.6 Å². The number of nitro benzene ring substituents is 1. The molecule has 1 unspecified atom stereocenters. The van der Waals surface area contributed by atoms with Crippen LogP contribution in [0.3, 0.4) is 0 Å². The van der Waals surface area contributed by atoms with Crippen molar-refractivity contribution in [3.05, 3.63) is 58.1 Å². The van der Waals surface area contributed by atoms with Gasteiger partial charge in [0.25, 0.3) is 5.69 Å². The van der Waals surface area contributed by atoms with E-state index in [1.165, 1.54) is 24.3 Å². The number of benzene rings is 2. The molecule has 11 heteroatoms. The first kappa shape index (κ1) is 23.6. The van der Waals surface area contributed by atoms with Crippen LogP contribution in [0.5, 0.6) is 11.5 Å². The Morgan fingerprint density at radius 1 is 1.03 bits per heavy atom. The van der Waals surface area contributed by atoms with Gasteiger partial charge in [-0.15, -0.1) is 0 Å². The van der Waals surface area contributed by atoms with Gasteiger partial charge in [0, 0.05) is 50.1 Å². The summed E-state index contributed by atoms with van der Waals surface area (Å²) in [6, 6.07) is 11.1. The normalized spacial score (nSPS) is 14.4. The summed E-state index contributed by atoms with van der Waals surface area (Å²) in [6.45, 7) is 2.19. The first-order valence-electron chi connectivity index (χ1n) is 10.3. The second-order valence-electron chi connectivity index (χ2n) is 7.39. The quantitative estimate of drug-likeness (QED) is 0.470. The van der Waals surface area contributed by atoms with E-state index in [0.717, 1.165) is 5.69 Å². The van der Waals surface area contributed by atoms with Gasteiger partial charge in [0.2, 0.25) is 5.91 Å². The van der Waals surface area contributed by atoms with Crippen molar-refractivity contribution in [1.82, 2.24) is 4.90 Å². The largest absolute Gasteiger partial charge is 0.493 e. The molecule has 1 aliphatic heterocycles. The van der Waals surface area contributed by atoms with Gasteiger partial charge in [-0.3, -0.25) is 14.9 Å². The molecule has 11 nitrogen and oxygen atoms in total. The standard InChI is InChI=1S/C22H26N4O7/c1-31-18-8-7-17(13-20(18)32-2)24-9-11-25(12-10-24)21(27)14-19(33-22(23)28)15-3-5-16(6-4-15)26(29)30/h3-8,13,19H,9-12,14H2,1-2H3,(H2,23,28). The number of primary amides is 1. The molecule has 1 atom stereocenters. The van der Waals surface area contributed by atoms with Crippen LogP contribution in [0.15, 0.2) is 42.5 Å². The zero-order valence-corrected chi connectivity index (χ0v) is 18.4. The highest BCUT2D eigenvalue weighted by Gasteiger charge is 2.27. The summed E-state index contributed by atoms with van der Waals surface area (Å²) >= 11 is 0. The van der Waals surface area contributed by atoms with Crippen LogP contribution < -0.4 is 20.1 Å². The summed E-state index contributed by atoms with van der Waals surface area (Å²) in [4.78, 5) is 38.4. The number of ether oxygens (including phenoxy) is 3. The summed E-state index contributed by atoms with van der Waals surface area (Å²) < 4.78 is 15.8. The highest BCUT2D eigenvalue weighted by atomic mass is 16.6. The maximum atomic E-state index is 12.9. The van der Waals surface area contributed by atoms with Gasteiger partial charge < -0.3 is 29.7 Å². The number of amides is 2. The van der Waals surface area contributed by atoms with Crippen molar-refractivity contribution in [1.29, 1.82) is 0 Å². The topological polar surface area (TPSA) is 137 Å². The van der Waals surface area contributed by atoms with Crippen molar-refractivity contribution in [2.24, 2.45) is 5.73 Å². The number of rotatable bonds is 8. The molecule has 0 radical (unpaired) electrons. The van der Waals surface area contributed by atoms with Crippen LogP contribution in [0.2, 0.25) is 0 Å². The summed E-state index contributed by atoms with van der Waals surface area (Å²) in [5.41, 5.74) is 6.48. The number of methoxy groups -OCH3 is 2. The molecule has 1 aliphatic rings. The van der Waals surface area contributed by atoms with Crippen LogP contribution in [0.4, 0.5) is 16.2 Å². The molecule has 0 bridgehead atoms. The van der Waals surface area contributed by atoms with E-state index in [0.29, 0.717) is 43.2 Å². The summed E-state index contributed by atoms with van der Waals surface area (Å²) in [5, 5.41) is 10.9. The Balaban J connectivity index is 1.63. The van der Waals surface area contributed by atoms with E-state index in [2.05, 4.69) is 4.90 Å². The first-order valence-corrected chi connectivity index (χ1v) is 10.3. The zero-order valence-electron chi connectivity index (χ0n) is 18.4. The summed E-state index contributed by atoms with van der Waals surface area (Å²) in [5.74, 6) is 1.07. The molecule has 33 heavy (non-hydrogen) atoms. The Morgan fingerprint density at radius 2 is 1.67 bits per heavy atom. The minimum atomic E-state index is -1.02. The number of hydrogen-bond acceptors (Lipinski definition) is 8. The third-order valence-electron chi connectivity index (χ3n) is 5.46. The second-order valence-corrected chi connectivity index (χ2v) is 7.39.